The Morgan fingerprint density at radius 3 is 2.09 bits per heavy atom. The number of hydrogen-bond acceptors (Lipinski definition) is 7. The molecule has 0 saturated carbocycles. The van der Waals surface area contributed by atoms with Crippen LogP contribution in [0.4, 0.5) is 0 Å². The van der Waals surface area contributed by atoms with Crippen LogP contribution in [0.5, 0.6) is 0 Å². The summed E-state index contributed by atoms with van der Waals surface area (Å²) in [5.74, 6) is -1.77. The molecule has 6 N–H and O–H groups in total. The minimum atomic E-state index is -0.761. The Labute approximate surface area is 268 Å². The zero-order valence-electron chi connectivity index (χ0n) is 27.1. The van der Waals surface area contributed by atoms with Crippen LogP contribution in [0.25, 0.3) is 0 Å². The number of carbonyl (C=O) groups is 4. The molecular formula is C36H53N5O4. The predicted octanol–water partition coefficient (Wildman–Crippen LogP) is 3.04. The molecule has 2 aromatic rings. The van der Waals surface area contributed by atoms with Gasteiger partial charge in [0.05, 0.1) is 12.1 Å². The molecule has 0 aromatic heterocycles. The first-order valence-corrected chi connectivity index (χ1v) is 16.6. The van der Waals surface area contributed by atoms with Crippen LogP contribution < -0.4 is 22.1 Å². The number of carbonyl (C=O) groups excluding carboxylic acids is 4. The Morgan fingerprint density at radius 1 is 0.844 bits per heavy atom. The standard InChI is InChI=1S/C36H53N5O4/c1-26(2)21-32(34(43)24-29(15-9-16-37)36(45)41-19-10-17-39-18-20-41)40-35(44)30(22-27-11-5-3-6-12-27)25-33(42)31(38)23-28-13-7-4-8-14-28/h3-8,11-14,26,29-32,39H,9-10,15-25,37-38H2,1-2H3,(H,40,44)/t29-,30-,31+,32+/m0/s1. The fourth-order valence-corrected chi connectivity index (χ4v) is 5.95. The molecule has 4 atom stereocenters. The van der Waals surface area contributed by atoms with E-state index in [1.165, 1.54) is 0 Å². The van der Waals surface area contributed by atoms with E-state index >= 15 is 0 Å². The molecule has 246 valence electrons. The van der Waals surface area contributed by atoms with Crippen LogP contribution in [0.3, 0.4) is 0 Å². The largest absolute Gasteiger partial charge is 0.346 e. The minimum absolute atomic E-state index is 0.0184. The van der Waals surface area contributed by atoms with Gasteiger partial charge < -0.3 is 27.0 Å². The first kappa shape index (κ1) is 36.1. The number of hydrogen-bond donors (Lipinski definition) is 4. The molecule has 45 heavy (non-hydrogen) atoms. The van der Waals surface area contributed by atoms with Crippen molar-refractivity contribution < 1.29 is 19.2 Å². The van der Waals surface area contributed by atoms with Gasteiger partial charge in [-0.2, -0.15) is 0 Å². The predicted molar refractivity (Wildman–Crippen MR) is 178 cm³/mol. The van der Waals surface area contributed by atoms with E-state index in [0.717, 1.165) is 30.6 Å². The van der Waals surface area contributed by atoms with Crippen LogP contribution >= 0.6 is 0 Å². The lowest BCUT2D eigenvalue weighted by Crippen LogP contribution is -2.47. The van der Waals surface area contributed by atoms with E-state index in [-0.39, 0.29) is 42.1 Å². The van der Waals surface area contributed by atoms with Crippen LogP contribution in [0.2, 0.25) is 0 Å². The van der Waals surface area contributed by atoms with Crippen LogP contribution in [0.15, 0.2) is 60.7 Å². The summed E-state index contributed by atoms with van der Waals surface area (Å²) in [5, 5.41) is 6.33. The zero-order chi connectivity index (χ0) is 32.6. The Bertz CT molecular complexity index is 1200. The third-order valence-corrected chi connectivity index (χ3v) is 8.47. The lowest BCUT2D eigenvalue weighted by Gasteiger charge is -2.28. The van der Waals surface area contributed by atoms with E-state index in [0.29, 0.717) is 51.7 Å². The second-order valence-electron chi connectivity index (χ2n) is 12.8. The molecule has 1 aliphatic heterocycles. The lowest BCUT2D eigenvalue weighted by atomic mass is 9.87. The van der Waals surface area contributed by atoms with Gasteiger partial charge in [0.2, 0.25) is 11.8 Å². The first-order valence-electron chi connectivity index (χ1n) is 16.6. The number of nitrogens with two attached hydrogens (primary N) is 2. The molecule has 0 unspecified atom stereocenters. The van der Waals surface area contributed by atoms with Crippen molar-refractivity contribution in [2.45, 2.75) is 77.3 Å². The Morgan fingerprint density at radius 2 is 1.47 bits per heavy atom. The maximum absolute atomic E-state index is 13.9. The maximum Gasteiger partial charge on any atom is 0.226 e. The number of nitrogens with one attached hydrogen (secondary N) is 2. The molecule has 2 amide bonds. The molecule has 0 bridgehead atoms. The average Bonchev–Trinajstić information content (AvgIpc) is 3.32. The highest BCUT2D eigenvalue weighted by Gasteiger charge is 2.33. The lowest BCUT2D eigenvalue weighted by molar-refractivity contribution is -0.139. The van der Waals surface area contributed by atoms with Gasteiger partial charge in [-0.25, -0.2) is 0 Å². The van der Waals surface area contributed by atoms with Crippen molar-refractivity contribution in [3.8, 4) is 0 Å². The summed E-state index contributed by atoms with van der Waals surface area (Å²) in [6.07, 6.45) is 3.22. The summed E-state index contributed by atoms with van der Waals surface area (Å²) in [4.78, 5) is 56.4. The van der Waals surface area contributed by atoms with Crippen LogP contribution in [0, 0.1) is 17.8 Å². The molecule has 1 saturated heterocycles. The average molecular weight is 620 g/mol. The van der Waals surface area contributed by atoms with Gasteiger partial charge in [-0.15, -0.1) is 0 Å². The Balaban J connectivity index is 1.76. The van der Waals surface area contributed by atoms with Crippen molar-refractivity contribution in [2.24, 2.45) is 29.2 Å². The monoisotopic (exact) mass is 619 g/mol. The van der Waals surface area contributed by atoms with Crippen molar-refractivity contribution in [2.75, 3.05) is 32.7 Å². The first-order chi connectivity index (χ1) is 21.7. The summed E-state index contributed by atoms with van der Waals surface area (Å²) < 4.78 is 0. The van der Waals surface area contributed by atoms with E-state index in [1.54, 1.807) is 0 Å². The Kier molecular flexibility index (Phi) is 15.4. The minimum Gasteiger partial charge on any atom is -0.346 e. The number of nitrogens with zero attached hydrogens (tertiary/aromatic N) is 1. The van der Waals surface area contributed by atoms with Crippen molar-refractivity contribution in [3.05, 3.63) is 71.8 Å². The molecule has 0 spiro atoms. The van der Waals surface area contributed by atoms with Gasteiger partial charge in [0.25, 0.3) is 0 Å². The topological polar surface area (TPSA) is 148 Å². The summed E-state index contributed by atoms with van der Waals surface area (Å²) >= 11 is 0. The number of amides is 2. The third-order valence-electron chi connectivity index (χ3n) is 8.47. The Hall–Kier alpha value is -3.40. The molecule has 1 fully saturated rings. The molecule has 0 radical (unpaired) electrons. The smallest absolute Gasteiger partial charge is 0.226 e. The highest BCUT2D eigenvalue weighted by atomic mass is 16.2. The normalized spacial score (nSPS) is 16.3. The highest BCUT2D eigenvalue weighted by molar-refractivity contribution is 5.94. The van der Waals surface area contributed by atoms with E-state index in [4.69, 9.17) is 11.5 Å². The molecule has 9 heteroatoms. The third kappa shape index (κ3) is 12.5. The second-order valence-corrected chi connectivity index (χ2v) is 12.8. The SMILES string of the molecule is CC(C)C[C@@H](NC(=O)[C@H](CC(=O)[C@H](N)Cc1ccccc1)Cc1ccccc1)C(=O)C[C@H](CCCN)C(=O)N1CCCNCC1. The number of ketones is 2. The summed E-state index contributed by atoms with van der Waals surface area (Å²) in [6, 6.07) is 17.6. The van der Waals surface area contributed by atoms with Crippen molar-refractivity contribution in [1.29, 1.82) is 0 Å². The van der Waals surface area contributed by atoms with Crippen LogP contribution in [0.1, 0.15) is 63.5 Å². The van der Waals surface area contributed by atoms with Crippen LogP contribution in [-0.4, -0.2) is 73.1 Å². The van der Waals surface area contributed by atoms with Gasteiger partial charge in [0.1, 0.15) is 0 Å². The zero-order valence-corrected chi connectivity index (χ0v) is 27.1. The summed E-state index contributed by atoms with van der Waals surface area (Å²) in [6.45, 7) is 7.30. The highest BCUT2D eigenvalue weighted by Crippen LogP contribution is 2.21. The van der Waals surface area contributed by atoms with Gasteiger partial charge in [0.15, 0.2) is 11.6 Å². The van der Waals surface area contributed by atoms with Crippen molar-refractivity contribution in [1.82, 2.24) is 15.5 Å². The molecule has 9 nitrogen and oxygen atoms in total. The molecule has 0 aliphatic carbocycles. The van der Waals surface area contributed by atoms with Gasteiger partial charge in [-0.1, -0.05) is 74.5 Å². The van der Waals surface area contributed by atoms with Gasteiger partial charge >= 0.3 is 0 Å². The van der Waals surface area contributed by atoms with Gasteiger partial charge in [-0.3, -0.25) is 19.2 Å². The van der Waals surface area contributed by atoms with Gasteiger partial charge in [-0.05, 0) is 68.7 Å². The number of benzene rings is 2. The van der Waals surface area contributed by atoms with E-state index in [1.807, 2.05) is 79.4 Å². The summed E-state index contributed by atoms with van der Waals surface area (Å²) in [5.41, 5.74) is 14.0. The number of Topliss-reactive ketones (excluding diaryl/α,β-unsaturated/α-hetero) is 2. The molecule has 1 heterocycles. The van der Waals surface area contributed by atoms with Gasteiger partial charge in [0, 0.05) is 44.3 Å². The fourth-order valence-electron chi connectivity index (χ4n) is 5.95. The molecule has 1 aliphatic rings. The van der Waals surface area contributed by atoms with E-state index in [2.05, 4.69) is 10.6 Å². The summed E-state index contributed by atoms with van der Waals surface area (Å²) in [7, 11) is 0. The van der Waals surface area contributed by atoms with Crippen LogP contribution in [-0.2, 0) is 32.0 Å². The van der Waals surface area contributed by atoms with E-state index in [9.17, 15) is 19.2 Å². The number of rotatable bonds is 18. The van der Waals surface area contributed by atoms with Crippen molar-refractivity contribution >= 4 is 23.4 Å². The van der Waals surface area contributed by atoms with Crippen molar-refractivity contribution in [3.63, 3.8) is 0 Å². The molecular weight excluding hydrogens is 566 g/mol. The quantitative estimate of drug-likeness (QED) is 0.201. The molecule has 3 rings (SSSR count). The fraction of sp³-hybridized carbons (Fsp3) is 0.556. The second kappa shape index (κ2) is 19.2. The maximum atomic E-state index is 13.9. The van der Waals surface area contributed by atoms with E-state index < -0.39 is 23.9 Å². The molecule has 2 aromatic carbocycles.